The number of nitrogens with zero attached hydrogens (tertiary/aromatic N) is 1. The maximum atomic E-state index is 2.64. The van der Waals surface area contributed by atoms with Gasteiger partial charge in [0.2, 0.25) is 0 Å². The van der Waals surface area contributed by atoms with Gasteiger partial charge >= 0.3 is 0 Å². The third-order valence-electron chi connectivity index (χ3n) is 3.57. The van der Waals surface area contributed by atoms with Gasteiger partial charge in [-0.2, -0.15) is 0 Å². The second kappa shape index (κ2) is 3.14. The third-order valence-corrected chi connectivity index (χ3v) is 3.57. The van der Waals surface area contributed by atoms with Crippen molar-refractivity contribution < 1.29 is 0 Å². The van der Waals surface area contributed by atoms with Crippen LogP contribution in [0.1, 0.15) is 32.6 Å². The van der Waals surface area contributed by atoms with Gasteiger partial charge in [-0.15, -0.1) is 0 Å². The minimum atomic E-state index is 1.01. The normalized spacial score (nSPS) is 45.0. The molecule has 1 heteroatoms. The number of hydrogen-bond acceptors (Lipinski definition) is 1. The first kappa shape index (κ1) is 7.60. The first-order chi connectivity index (χ1) is 5.36. The molecule has 0 saturated carbocycles. The van der Waals surface area contributed by atoms with Gasteiger partial charge in [0.1, 0.15) is 0 Å². The molecule has 0 spiro atoms. The van der Waals surface area contributed by atoms with Gasteiger partial charge in [-0.3, -0.25) is 0 Å². The molecular formula is C10H19N. The summed E-state index contributed by atoms with van der Waals surface area (Å²) in [5, 5.41) is 0. The van der Waals surface area contributed by atoms with Crippen LogP contribution < -0.4 is 0 Å². The molecule has 1 nitrogen and oxygen atoms in total. The summed E-state index contributed by atoms with van der Waals surface area (Å²) >= 11 is 0. The molecule has 0 N–H and O–H groups in total. The topological polar surface area (TPSA) is 3.24 Å². The van der Waals surface area contributed by atoms with Gasteiger partial charge in [0.05, 0.1) is 0 Å². The van der Waals surface area contributed by atoms with E-state index in [0.29, 0.717) is 0 Å². The van der Waals surface area contributed by atoms with E-state index in [9.17, 15) is 0 Å². The first-order valence-electron chi connectivity index (χ1n) is 5.08. The SMILES string of the molecule is CC1CCCN2CCC1CC2. The van der Waals surface area contributed by atoms with Crippen molar-refractivity contribution in [3.8, 4) is 0 Å². The minimum absolute atomic E-state index is 1.01. The predicted octanol–water partition coefficient (Wildman–Crippen LogP) is 2.13. The summed E-state index contributed by atoms with van der Waals surface area (Å²) in [6.45, 7) is 6.59. The fraction of sp³-hybridized carbons (Fsp3) is 1.00. The van der Waals surface area contributed by atoms with Gasteiger partial charge in [0, 0.05) is 0 Å². The molecule has 1 unspecified atom stereocenters. The molecule has 3 heterocycles. The van der Waals surface area contributed by atoms with E-state index in [0.717, 1.165) is 11.8 Å². The maximum Gasteiger partial charge on any atom is -0.00160 e. The molecule has 0 aliphatic carbocycles. The molecule has 3 aliphatic rings. The van der Waals surface area contributed by atoms with E-state index in [4.69, 9.17) is 0 Å². The van der Waals surface area contributed by atoms with Crippen LogP contribution in [-0.2, 0) is 0 Å². The molecule has 0 aromatic rings. The van der Waals surface area contributed by atoms with Crippen molar-refractivity contribution in [2.45, 2.75) is 32.6 Å². The number of fused-ring (bicyclic) bond motifs is 5. The Morgan fingerprint density at radius 1 is 1.00 bits per heavy atom. The molecule has 0 aromatic carbocycles. The molecule has 0 aromatic heterocycles. The van der Waals surface area contributed by atoms with E-state index < -0.39 is 0 Å². The summed E-state index contributed by atoms with van der Waals surface area (Å²) in [6, 6.07) is 0. The molecule has 3 fully saturated rings. The Morgan fingerprint density at radius 2 is 1.73 bits per heavy atom. The van der Waals surface area contributed by atoms with E-state index in [-0.39, 0.29) is 0 Å². The molecule has 1 atom stereocenters. The second-order valence-corrected chi connectivity index (χ2v) is 4.30. The highest BCUT2D eigenvalue weighted by molar-refractivity contribution is 4.79. The zero-order chi connectivity index (χ0) is 7.68. The van der Waals surface area contributed by atoms with Crippen molar-refractivity contribution in [2.75, 3.05) is 19.6 Å². The summed E-state index contributed by atoms with van der Waals surface area (Å²) in [6.07, 6.45) is 5.86. The quantitative estimate of drug-likeness (QED) is 0.515. The number of piperidine rings is 1. The van der Waals surface area contributed by atoms with E-state index in [2.05, 4.69) is 11.8 Å². The van der Waals surface area contributed by atoms with Crippen molar-refractivity contribution in [1.82, 2.24) is 4.90 Å². The van der Waals surface area contributed by atoms with E-state index in [1.807, 2.05) is 0 Å². The van der Waals surface area contributed by atoms with Crippen LogP contribution in [0.2, 0.25) is 0 Å². The Morgan fingerprint density at radius 3 is 2.45 bits per heavy atom. The summed E-state index contributed by atoms with van der Waals surface area (Å²) in [7, 11) is 0. The molecule has 0 amide bonds. The lowest BCUT2D eigenvalue weighted by Crippen LogP contribution is -2.38. The third kappa shape index (κ3) is 1.58. The second-order valence-electron chi connectivity index (χ2n) is 4.30. The lowest BCUT2D eigenvalue weighted by Gasteiger charge is -2.38. The van der Waals surface area contributed by atoms with Crippen molar-refractivity contribution >= 4 is 0 Å². The smallest absolute Gasteiger partial charge is 0.00160 e. The van der Waals surface area contributed by atoms with E-state index >= 15 is 0 Å². The number of rotatable bonds is 0. The van der Waals surface area contributed by atoms with Crippen LogP contribution in [0, 0.1) is 11.8 Å². The fourth-order valence-corrected chi connectivity index (χ4v) is 2.62. The number of hydrogen-bond donors (Lipinski definition) is 0. The Hall–Kier alpha value is -0.0400. The Kier molecular flexibility index (Phi) is 2.17. The minimum Gasteiger partial charge on any atom is -0.303 e. The molecule has 11 heavy (non-hydrogen) atoms. The molecular weight excluding hydrogens is 134 g/mol. The molecule has 2 bridgehead atoms. The maximum absolute atomic E-state index is 2.64. The largest absolute Gasteiger partial charge is 0.303 e. The van der Waals surface area contributed by atoms with Crippen molar-refractivity contribution in [3.63, 3.8) is 0 Å². The van der Waals surface area contributed by atoms with Gasteiger partial charge < -0.3 is 4.90 Å². The molecule has 3 saturated heterocycles. The zero-order valence-electron chi connectivity index (χ0n) is 7.55. The molecule has 3 aliphatic heterocycles. The Labute approximate surface area is 69.8 Å². The predicted molar refractivity (Wildman–Crippen MR) is 47.6 cm³/mol. The average molecular weight is 153 g/mol. The van der Waals surface area contributed by atoms with Crippen molar-refractivity contribution in [1.29, 1.82) is 0 Å². The highest BCUT2D eigenvalue weighted by atomic mass is 15.1. The highest BCUT2D eigenvalue weighted by Crippen LogP contribution is 2.30. The van der Waals surface area contributed by atoms with Crippen LogP contribution in [0.25, 0.3) is 0 Å². The van der Waals surface area contributed by atoms with Crippen LogP contribution in [0.3, 0.4) is 0 Å². The molecule has 64 valence electrons. The molecule has 0 radical (unpaired) electrons. The van der Waals surface area contributed by atoms with Gasteiger partial charge in [-0.05, 0) is 57.2 Å². The summed E-state index contributed by atoms with van der Waals surface area (Å²) < 4.78 is 0. The first-order valence-corrected chi connectivity index (χ1v) is 5.08. The zero-order valence-corrected chi connectivity index (χ0v) is 7.55. The van der Waals surface area contributed by atoms with Gasteiger partial charge in [-0.25, -0.2) is 0 Å². The molecule has 3 rings (SSSR count). The van der Waals surface area contributed by atoms with Crippen LogP contribution in [0.4, 0.5) is 0 Å². The van der Waals surface area contributed by atoms with Crippen LogP contribution in [0.5, 0.6) is 0 Å². The van der Waals surface area contributed by atoms with Crippen molar-refractivity contribution in [2.24, 2.45) is 11.8 Å². The van der Waals surface area contributed by atoms with Gasteiger partial charge in [0.15, 0.2) is 0 Å². The average Bonchev–Trinajstić information content (AvgIpc) is 2.01. The van der Waals surface area contributed by atoms with Gasteiger partial charge in [-0.1, -0.05) is 6.92 Å². The highest BCUT2D eigenvalue weighted by Gasteiger charge is 2.25. The Balaban J connectivity index is 2.00. The standard InChI is InChI=1S/C10H19N/c1-9-3-2-6-11-7-4-10(9)5-8-11/h9-10H,2-8H2,1H3. The monoisotopic (exact) mass is 153 g/mol. The van der Waals surface area contributed by atoms with Crippen molar-refractivity contribution in [3.05, 3.63) is 0 Å². The van der Waals surface area contributed by atoms with E-state index in [1.54, 1.807) is 0 Å². The van der Waals surface area contributed by atoms with Crippen LogP contribution in [0.15, 0.2) is 0 Å². The Bertz CT molecular complexity index is 122. The van der Waals surface area contributed by atoms with Gasteiger partial charge in [0.25, 0.3) is 0 Å². The lowest BCUT2D eigenvalue weighted by molar-refractivity contribution is 0.117. The lowest BCUT2D eigenvalue weighted by atomic mass is 9.81. The summed E-state index contributed by atoms with van der Waals surface area (Å²) in [4.78, 5) is 2.64. The summed E-state index contributed by atoms with van der Waals surface area (Å²) in [5.41, 5.74) is 0. The van der Waals surface area contributed by atoms with Crippen LogP contribution >= 0.6 is 0 Å². The van der Waals surface area contributed by atoms with Crippen LogP contribution in [-0.4, -0.2) is 24.5 Å². The summed E-state index contributed by atoms with van der Waals surface area (Å²) in [5.74, 6) is 2.07. The van der Waals surface area contributed by atoms with E-state index in [1.165, 1.54) is 45.3 Å². The fourth-order valence-electron chi connectivity index (χ4n) is 2.62.